The van der Waals surface area contributed by atoms with Crippen LogP contribution in [0.15, 0.2) is 24.3 Å². The fourth-order valence-corrected chi connectivity index (χ4v) is 6.62. The van der Waals surface area contributed by atoms with E-state index < -0.39 is 0 Å². The number of anilines is 1. The van der Waals surface area contributed by atoms with Crippen molar-refractivity contribution in [3.8, 4) is 0 Å². The number of aromatic nitrogens is 2. The number of amides is 1. The van der Waals surface area contributed by atoms with Crippen molar-refractivity contribution < 1.29 is 9.59 Å². The number of thioether (sulfide) groups is 1. The molecule has 2 saturated heterocycles. The topological polar surface area (TPSA) is 61.7 Å². The average Bonchev–Trinajstić information content (AvgIpc) is 3.27. The molecule has 2 fully saturated rings. The van der Waals surface area contributed by atoms with Crippen molar-refractivity contribution in [3.05, 3.63) is 46.8 Å². The molecule has 0 spiro atoms. The Morgan fingerprint density at radius 3 is 2.40 bits per heavy atom. The molecule has 0 bridgehead atoms. The first-order chi connectivity index (χ1) is 17.0. The molecule has 188 valence electrons. The Morgan fingerprint density at radius 2 is 1.74 bits per heavy atom. The van der Waals surface area contributed by atoms with E-state index in [0.29, 0.717) is 11.7 Å². The summed E-state index contributed by atoms with van der Waals surface area (Å²) in [5.41, 5.74) is 5.17. The van der Waals surface area contributed by atoms with Crippen LogP contribution < -0.4 is 4.90 Å². The highest BCUT2D eigenvalue weighted by atomic mass is 32.2. The maximum absolute atomic E-state index is 13.4. The van der Waals surface area contributed by atoms with Gasteiger partial charge in [-0.25, -0.2) is 0 Å². The van der Waals surface area contributed by atoms with Crippen molar-refractivity contribution in [1.29, 1.82) is 0 Å². The van der Waals surface area contributed by atoms with Crippen LogP contribution in [0.5, 0.6) is 0 Å². The van der Waals surface area contributed by atoms with Gasteiger partial charge in [0.05, 0.1) is 0 Å². The van der Waals surface area contributed by atoms with Gasteiger partial charge in [0.15, 0.2) is 11.5 Å². The predicted molar refractivity (Wildman–Crippen MR) is 142 cm³/mol. The summed E-state index contributed by atoms with van der Waals surface area (Å²) in [5.74, 6) is 2.29. The highest BCUT2D eigenvalue weighted by Crippen LogP contribution is 2.30. The third kappa shape index (κ3) is 5.14. The van der Waals surface area contributed by atoms with Crippen LogP contribution in [0.3, 0.4) is 0 Å². The zero-order valence-electron chi connectivity index (χ0n) is 21.0. The Labute approximate surface area is 212 Å². The SMILES string of the molecule is CCCn1nc(C(=O)N2CCSCC2)c2c1CC[C@@H](N1CCN(c3ccc(C(C)=O)cc3)CC1)C2. The Hall–Kier alpha value is -2.32. The number of hydrogen-bond acceptors (Lipinski definition) is 6. The standard InChI is InChI=1S/C27H37N5O2S/c1-3-10-32-25-9-8-23(19-24(25)26(28-32)27(34)31-15-17-35-18-16-31)30-13-11-29(12-14-30)22-6-4-21(5-7-22)20(2)33/h4-7,23H,3,8-19H2,1-2H3/t23-/m1/s1. The third-order valence-electron chi connectivity index (χ3n) is 7.73. The molecule has 35 heavy (non-hydrogen) atoms. The van der Waals surface area contributed by atoms with E-state index in [-0.39, 0.29) is 11.7 Å². The molecule has 1 aromatic heterocycles. The van der Waals surface area contributed by atoms with Gasteiger partial charge in [-0.2, -0.15) is 16.9 Å². The lowest BCUT2D eigenvalue weighted by atomic mass is 9.89. The minimum absolute atomic E-state index is 0.109. The molecule has 7 nitrogen and oxygen atoms in total. The molecule has 8 heteroatoms. The van der Waals surface area contributed by atoms with Crippen molar-refractivity contribution in [2.75, 3.05) is 55.7 Å². The number of nitrogens with zero attached hydrogens (tertiary/aromatic N) is 5. The molecule has 2 aliphatic heterocycles. The van der Waals surface area contributed by atoms with Crippen molar-refractivity contribution >= 4 is 29.1 Å². The molecule has 0 unspecified atom stereocenters. The first-order valence-electron chi connectivity index (χ1n) is 13.1. The number of carbonyl (C=O) groups excluding carboxylic acids is 2. The van der Waals surface area contributed by atoms with E-state index in [1.165, 1.54) is 16.9 Å². The zero-order valence-corrected chi connectivity index (χ0v) is 21.9. The van der Waals surface area contributed by atoms with E-state index in [1.807, 2.05) is 28.8 Å². The molecule has 1 aromatic carbocycles. The first kappa shape index (κ1) is 24.4. The second-order valence-corrected chi connectivity index (χ2v) is 11.1. The summed E-state index contributed by atoms with van der Waals surface area (Å²) >= 11 is 1.93. The number of fused-ring (bicyclic) bond motifs is 1. The number of Topliss-reactive ketones (excluding diaryl/α,β-unsaturated/α-hetero) is 1. The minimum atomic E-state index is 0.109. The average molecular weight is 496 g/mol. The molecular weight excluding hydrogens is 458 g/mol. The van der Waals surface area contributed by atoms with Gasteiger partial charge in [-0.05, 0) is 56.9 Å². The number of hydrogen-bond donors (Lipinski definition) is 0. The fraction of sp³-hybridized carbons (Fsp3) is 0.593. The highest BCUT2D eigenvalue weighted by Gasteiger charge is 2.34. The zero-order chi connectivity index (χ0) is 24.4. The Balaban J connectivity index is 1.27. The lowest BCUT2D eigenvalue weighted by Gasteiger charge is -2.41. The number of piperazine rings is 1. The van der Waals surface area contributed by atoms with E-state index in [4.69, 9.17) is 5.10 Å². The molecule has 0 radical (unpaired) electrons. The van der Waals surface area contributed by atoms with E-state index in [1.54, 1.807) is 6.92 Å². The largest absolute Gasteiger partial charge is 0.369 e. The Bertz CT molecular complexity index is 1050. The molecule has 3 heterocycles. The van der Waals surface area contributed by atoms with Crippen LogP contribution in [0.2, 0.25) is 0 Å². The fourth-order valence-electron chi connectivity index (χ4n) is 5.72. The second kappa shape index (κ2) is 10.7. The molecule has 1 atom stereocenters. The number of benzene rings is 1. The summed E-state index contributed by atoms with van der Waals surface area (Å²) in [5, 5.41) is 4.88. The number of rotatable bonds is 6. The van der Waals surface area contributed by atoms with Crippen LogP contribution in [0.1, 0.15) is 58.8 Å². The van der Waals surface area contributed by atoms with E-state index in [2.05, 4.69) is 33.5 Å². The van der Waals surface area contributed by atoms with E-state index >= 15 is 0 Å². The van der Waals surface area contributed by atoms with Gasteiger partial charge in [-0.1, -0.05) is 6.92 Å². The van der Waals surface area contributed by atoms with Crippen LogP contribution >= 0.6 is 11.8 Å². The smallest absolute Gasteiger partial charge is 0.274 e. The van der Waals surface area contributed by atoms with Crippen LogP contribution in [0.25, 0.3) is 0 Å². The molecular formula is C27H37N5O2S. The summed E-state index contributed by atoms with van der Waals surface area (Å²) in [6.07, 6.45) is 4.09. The molecule has 1 amide bonds. The molecule has 0 N–H and O–H groups in total. The molecule has 5 rings (SSSR count). The lowest BCUT2D eigenvalue weighted by Crippen LogP contribution is -2.52. The summed E-state index contributed by atoms with van der Waals surface area (Å²) in [6, 6.07) is 8.46. The van der Waals surface area contributed by atoms with Crippen LogP contribution in [-0.4, -0.2) is 88.1 Å². The third-order valence-corrected chi connectivity index (χ3v) is 8.67. The van der Waals surface area contributed by atoms with Crippen molar-refractivity contribution in [3.63, 3.8) is 0 Å². The highest BCUT2D eigenvalue weighted by molar-refractivity contribution is 7.99. The van der Waals surface area contributed by atoms with Gasteiger partial charge >= 0.3 is 0 Å². The van der Waals surface area contributed by atoms with Crippen LogP contribution in [0.4, 0.5) is 5.69 Å². The minimum Gasteiger partial charge on any atom is -0.369 e. The summed E-state index contributed by atoms with van der Waals surface area (Å²) in [7, 11) is 0. The van der Waals surface area contributed by atoms with Crippen molar-refractivity contribution in [1.82, 2.24) is 19.6 Å². The summed E-state index contributed by atoms with van der Waals surface area (Å²) < 4.78 is 2.13. The quantitative estimate of drug-likeness (QED) is 0.573. The summed E-state index contributed by atoms with van der Waals surface area (Å²) in [4.78, 5) is 32.1. The van der Waals surface area contributed by atoms with Gasteiger partial charge in [0.2, 0.25) is 0 Å². The maximum atomic E-state index is 13.4. The van der Waals surface area contributed by atoms with Gasteiger partial charge in [-0.15, -0.1) is 0 Å². The Morgan fingerprint density at radius 1 is 1.03 bits per heavy atom. The van der Waals surface area contributed by atoms with E-state index in [9.17, 15) is 9.59 Å². The molecule has 2 aromatic rings. The predicted octanol–water partition coefficient (Wildman–Crippen LogP) is 3.36. The summed E-state index contributed by atoms with van der Waals surface area (Å²) in [6.45, 7) is 10.3. The first-order valence-corrected chi connectivity index (χ1v) is 14.3. The van der Waals surface area contributed by atoms with Crippen LogP contribution in [-0.2, 0) is 19.4 Å². The maximum Gasteiger partial charge on any atom is 0.274 e. The molecule has 3 aliphatic rings. The lowest BCUT2D eigenvalue weighted by molar-refractivity contribution is 0.0763. The van der Waals surface area contributed by atoms with Crippen molar-refractivity contribution in [2.45, 2.75) is 52.1 Å². The monoisotopic (exact) mass is 495 g/mol. The van der Waals surface area contributed by atoms with Gasteiger partial charge in [0.25, 0.3) is 5.91 Å². The van der Waals surface area contributed by atoms with E-state index in [0.717, 1.165) is 88.6 Å². The molecule has 0 saturated carbocycles. The number of ketones is 1. The van der Waals surface area contributed by atoms with Gasteiger partial charge in [0, 0.05) is 85.9 Å². The van der Waals surface area contributed by atoms with Crippen LogP contribution in [0, 0.1) is 0 Å². The second-order valence-electron chi connectivity index (χ2n) is 9.92. The number of carbonyl (C=O) groups is 2. The molecule has 1 aliphatic carbocycles. The van der Waals surface area contributed by atoms with Crippen molar-refractivity contribution in [2.24, 2.45) is 0 Å². The Kier molecular flexibility index (Phi) is 7.48. The van der Waals surface area contributed by atoms with Gasteiger partial charge in [0.1, 0.15) is 0 Å². The number of aryl methyl sites for hydroxylation is 1. The van der Waals surface area contributed by atoms with Gasteiger partial charge in [-0.3, -0.25) is 19.2 Å². The van der Waals surface area contributed by atoms with Gasteiger partial charge < -0.3 is 9.80 Å². The normalized spacial score (nSPS) is 21.1.